The van der Waals surface area contributed by atoms with Crippen LogP contribution >= 0.6 is 0 Å². The number of amides is 3. The molecule has 3 rings (SSSR count). The number of carboxylic acids is 1. The van der Waals surface area contributed by atoms with Crippen molar-refractivity contribution < 1.29 is 29.1 Å². The molecule has 1 saturated heterocycles. The third kappa shape index (κ3) is 13.4. The zero-order valence-electron chi connectivity index (χ0n) is 31.2. The Labute approximate surface area is 308 Å². The van der Waals surface area contributed by atoms with Crippen molar-refractivity contribution in [3.05, 3.63) is 71.8 Å². The molecule has 0 spiro atoms. The second-order valence-electron chi connectivity index (χ2n) is 14.6. The van der Waals surface area contributed by atoms with Gasteiger partial charge in [0.25, 0.3) is 0 Å². The molecule has 0 aromatic heterocycles. The van der Waals surface area contributed by atoms with Crippen LogP contribution < -0.4 is 27.4 Å². The van der Waals surface area contributed by atoms with Crippen LogP contribution in [-0.2, 0) is 30.4 Å². The number of nitrogens with two attached hydrogens (primary N) is 2. The van der Waals surface area contributed by atoms with Crippen LogP contribution in [-0.4, -0.2) is 89.8 Å². The fourth-order valence-electron chi connectivity index (χ4n) is 6.73. The average molecular weight is 721 g/mol. The Balaban J connectivity index is 1.72. The van der Waals surface area contributed by atoms with Gasteiger partial charge in [0, 0.05) is 38.4 Å². The minimum Gasteiger partial charge on any atom is -0.480 e. The molecule has 0 bridgehead atoms. The molecule has 4 atom stereocenters. The van der Waals surface area contributed by atoms with Gasteiger partial charge in [0.15, 0.2) is 5.78 Å². The van der Waals surface area contributed by atoms with E-state index < -0.39 is 35.4 Å². The van der Waals surface area contributed by atoms with Gasteiger partial charge in [-0.05, 0) is 68.0 Å². The predicted octanol–water partition coefficient (Wildman–Crippen LogP) is 3.14. The van der Waals surface area contributed by atoms with E-state index in [0.29, 0.717) is 38.8 Å². The molecule has 0 radical (unpaired) electrons. The normalized spacial score (nSPS) is 16.4. The number of carbonyl (C=O) groups is 5. The number of hydrogen-bond acceptors (Lipinski definition) is 8. The fraction of sp³-hybridized carbons (Fsp3) is 0.575. The topological polar surface area (TPSA) is 197 Å². The summed E-state index contributed by atoms with van der Waals surface area (Å²) >= 11 is 0. The van der Waals surface area contributed by atoms with E-state index in [0.717, 1.165) is 12.0 Å². The van der Waals surface area contributed by atoms with E-state index in [4.69, 9.17) is 11.5 Å². The van der Waals surface area contributed by atoms with E-state index in [1.807, 2.05) is 62.4 Å². The van der Waals surface area contributed by atoms with E-state index in [-0.39, 0.29) is 74.8 Å². The second-order valence-corrected chi connectivity index (χ2v) is 14.6. The van der Waals surface area contributed by atoms with Crippen LogP contribution in [0.2, 0.25) is 0 Å². The zero-order valence-corrected chi connectivity index (χ0v) is 31.2. The Kier molecular flexibility index (Phi) is 17.4. The van der Waals surface area contributed by atoms with Gasteiger partial charge in [0.1, 0.15) is 11.6 Å². The monoisotopic (exact) mass is 720 g/mol. The number of nitrogens with one attached hydrogen (secondary N) is 3. The van der Waals surface area contributed by atoms with Gasteiger partial charge in [-0.25, -0.2) is 0 Å². The van der Waals surface area contributed by atoms with E-state index in [1.54, 1.807) is 4.90 Å². The number of unbranched alkanes of at least 4 members (excludes halogenated alkanes) is 1. The summed E-state index contributed by atoms with van der Waals surface area (Å²) in [5.74, 6) is -2.72. The molecule has 3 amide bonds. The quantitative estimate of drug-likeness (QED) is 0.0991. The predicted molar refractivity (Wildman–Crippen MR) is 202 cm³/mol. The minimum atomic E-state index is -1.38. The van der Waals surface area contributed by atoms with Crippen LogP contribution in [0, 0.1) is 11.8 Å². The highest BCUT2D eigenvalue weighted by molar-refractivity contribution is 5.95. The van der Waals surface area contributed by atoms with Gasteiger partial charge in [-0.1, -0.05) is 87.9 Å². The van der Waals surface area contributed by atoms with Crippen molar-refractivity contribution in [1.29, 1.82) is 0 Å². The standard InChI is InChI=1S/C40H60N6O6/c1-4-30(31-15-9-6-10-16-31)26-43-27-36(48)44-34(24-29-13-7-5-8-14-29)37(49)45-33(23-28(2)3)35(47)25-32(17-11-12-20-41)38(50)46-21-18-40(42,19-22-46)39(51)52/h5-10,13-16,28,30,32-34,43H,4,11-12,17-27,41-42H2,1-3H3,(H,44,48)(H,45,49)(H,51,52)/t30?,32-,33+,34+/m0/s1. The maximum Gasteiger partial charge on any atom is 0.323 e. The fourth-order valence-corrected chi connectivity index (χ4v) is 6.73. The molecule has 0 aliphatic carbocycles. The van der Waals surface area contributed by atoms with Gasteiger partial charge < -0.3 is 37.4 Å². The maximum atomic E-state index is 14.0. The van der Waals surface area contributed by atoms with Gasteiger partial charge in [-0.3, -0.25) is 24.0 Å². The molecular formula is C40H60N6O6. The minimum absolute atomic E-state index is 0.0249. The number of benzene rings is 2. The highest BCUT2D eigenvalue weighted by atomic mass is 16.4. The lowest BCUT2D eigenvalue weighted by Crippen LogP contribution is -2.57. The Hall–Kier alpha value is -4.13. The highest BCUT2D eigenvalue weighted by Gasteiger charge is 2.40. The summed E-state index contributed by atoms with van der Waals surface area (Å²) in [6.07, 6.45) is 3.44. The summed E-state index contributed by atoms with van der Waals surface area (Å²) in [5.41, 5.74) is 12.4. The summed E-state index contributed by atoms with van der Waals surface area (Å²) < 4.78 is 0. The maximum absolute atomic E-state index is 14.0. The molecule has 2 aromatic carbocycles. The van der Waals surface area contributed by atoms with E-state index >= 15 is 0 Å². The zero-order chi connectivity index (χ0) is 38.1. The van der Waals surface area contributed by atoms with Gasteiger partial charge in [-0.15, -0.1) is 0 Å². The molecule has 8 N–H and O–H groups in total. The summed E-state index contributed by atoms with van der Waals surface area (Å²) in [7, 11) is 0. The van der Waals surface area contributed by atoms with Gasteiger partial charge in [-0.2, -0.15) is 0 Å². The van der Waals surface area contributed by atoms with Crippen molar-refractivity contribution in [2.75, 3.05) is 32.7 Å². The molecule has 1 fully saturated rings. The molecule has 1 aliphatic heterocycles. The summed E-state index contributed by atoms with van der Waals surface area (Å²) in [6.45, 7) is 7.48. The Morgan fingerprint density at radius 1 is 0.904 bits per heavy atom. The van der Waals surface area contributed by atoms with Crippen molar-refractivity contribution in [1.82, 2.24) is 20.9 Å². The molecule has 52 heavy (non-hydrogen) atoms. The molecule has 12 heteroatoms. The smallest absolute Gasteiger partial charge is 0.323 e. The van der Waals surface area contributed by atoms with Crippen molar-refractivity contribution in [3.63, 3.8) is 0 Å². The van der Waals surface area contributed by atoms with Gasteiger partial charge in [0.05, 0.1) is 12.6 Å². The summed E-state index contributed by atoms with van der Waals surface area (Å²) in [4.78, 5) is 68.1. The van der Waals surface area contributed by atoms with Crippen LogP contribution in [0.1, 0.15) is 89.2 Å². The summed E-state index contributed by atoms with van der Waals surface area (Å²) in [5, 5.41) is 18.6. The van der Waals surface area contributed by atoms with Crippen LogP contribution in [0.3, 0.4) is 0 Å². The molecule has 1 heterocycles. The van der Waals surface area contributed by atoms with Crippen molar-refractivity contribution in [2.45, 2.75) is 102 Å². The first-order chi connectivity index (χ1) is 24.9. The van der Waals surface area contributed by atoms with E-state index in [1.165, 1.54) is 5.56 Å². The lowest BCUT2D eigenvalue weighted by molar-refractivity contribution is -0.149. The number of nitrogens with zero attached hydrogens (tertiary/aromatic N) is 1. The average Bonchev–Trinajstić information content (AvgIpc) is 3.13. The molecule has 0 saturated carbocycles. The first-order valence-electron chi connectivity index (χ1n) is 18.8. The third-order valence-corrected chi connectivity index (χ3v) is 9.98. The Morgan fingerprint density at radius 2 is 1.54 bits per heavy atom. The molecule has 1 unspecified atom stereocenters. The molecular weight excluding hydrogens is 660 g/mol. The highest BCUT2D eigenvalue weighted by Crippen LogP contribution is 2.25. The molecule has 286 valence electrons. The molecule has 1 aliphatic rings. The number of piperidine rings is 1. The lowest BCUT2D eigenvalue weighted by Gasteiger charge is -2.38. The number of aliphatic carboxylic acids is 1. The van der Waals surface area contributed by atoms with Crippen molar-refractivity contribution >= 4 is 29.5 Å². The van der Waals surface area contributed by atoms with Crippen LogP contribution in [0.4, 0.5) is 0 Å². The number of ketones is 1. The molecule has 12 nitrogen and oxygen atoms in total. The number of Topliss-reactive ketones (excluding diaryl/α,β-unsaturated/α-hetero) is 1. The number of rotatable bonds is 22. The first kappa shape index (κ1) is 42.3. The van der Waals surface area contributed by atoms with E-state index in [2.05, 4.69) is 35.0 Å². The van der Waals surface area contributed by atoms with Crippen LogP contribution in [0.5, 0.6) is 0 Å². The number of carboxylic acid groups (broad SMARTS) is 1. The number of likely N-dealkylation sites (tertiary alicyclic amines) is 1. The number of carbonyl (C=O) groups excluding carboxylic acids is 4. The van der Waals surface area contributed by atoms with Crippen molar-refractivity contribution in [3.8, 4) is 0 Å². The van der Waals surface area contributed by atoms with Crippen LogP contribution in [0.15, 0.2) is 60.7 Å². The SMILES string of the molecule is CCC(CNCC(=O)N[C@H](Cc1ccccc1)C(=O)N[C@H](CC(C)C)C(=O)C[C@H](CCCCN)C(=O)N1CCC(N)(C(=O)O)CC1)c1ccccc1. The Bertz CT molecular complexity index is 1430. The number of hydrogen-bond donors (Lipinski definition) is 6. The summed E-state index contributed by atoms with van der Waals surface area (Å²) in [6, 6.07) is 17.7. The third-order valence-electron chi connectivity index (χ3n) is 9.98. The van der Waals surface area contributed by atoms with Gasteiger partial charge >= 0.3 is 5.97 Å². The molecule has 2 aromatic rings. The second kappa shape index (κ2) is 21.4. The lowest BCUT2D eigenvalue weighted by atomic mass is 9.86. The van der Waals surface area contributed by atoms with Crippen LogP contribution in [0.25, 0.3) is 0 Å². The first-order valence-corrected chi connectivity index (χ1v) is 18.8. The van der Waals surface area contributed by atoms with Gasteiger partial charge in [0.2, 0.25) is 17.7 Å². The van der Waals surface area contributed by atoms with Crippen molar-refractivity contribution in [2.24, 2.45) is 23.3 Å². The Morgan fingerprint density at radius 3 is 2.12 bits per heavy atom. The van der Waals surface area contributed by atoms with E-state index in [9.17, 15) is 29.1 Å². The largest absolute Gasteiger partial charge is 0.480 e.